The minimum Gasteiger partial charge on any atom is -0.366 e. The van der Waals surface area contributed by atoms with E-state index in [9.17, 15) is 4.79 Å². The molecule has 0 saturated carbocycles. The number of carbonyl (C=O) groups is 1. The van der Waals surface area contributed by atoms with Crippen molar-refractivity contribution in [3.63, 3.8) is 0 Å². The second-order valence-corrected chi connectivity index (χ2v) is 6.01. The van der Waals surface area contributed by atoms with E-state index in [0.29, 0.717) is 23.7 Å². The summed E-state index contributed by atoms with van der Waals surface area (Å²) in [6, 6.07) is 19.0. The van der Waals surface area contributed by atoms with Gasteiger partial charge in [0.1, 0.15) is 17.8 Å². The normalized spacial score (nSPS) is 10.2. The van der Waals surface area contributed by atoms with Gasteiger partial charge in [-0.3, -0.25) is 4.79 Å². The number of rotatable bonds is 5. The first-order valence-electron chi connectivity index (χ1n) is 7.37. The molecule has 1 amide bonds. The van der Waals surface area contributed by atoms with Gasteiger partial charge in [-0.05, 0) is 23.8 Å². The van der Waals surface area contributed by atoms with E-state index in [4.69, 9.17) is 0 Å². The minimum atomic E-state index is -0.279. The maximum Gasteiger partial charge on any atom is 0.274 e. The van der Waals surface area contributed by atoms with Crippen LogP contribution in [-0.4, -0.2) is 15.9 Å². The number of benzene rings is 2. The number of hydrogen-bond acceptors (Lipinski definition) is 4. The number of hydrogen-bond donors (Lipinski definition) is 2. The van der Waals surface area contributed by atoms with Crippen molar-refractivity contribution < 1.29 is 4.79 Å². The summed E-state index contributed by atoms with van der Waals surface area (Å²) in [5.74, 6) is 0.325. The number of nitrogens with one attached hydrogen (secondary N) is 2. The van der Waals surface area contributed by atoms with Crippen LogP contribution < -0.4 is 10.6 Å². The van der Waals surface area contributed by atoms with Crippen LogP contribution in [0.1, 0.15) is 16.1 Å². The van der Waals surface area contributed by atoms with Crippen LogP contribution in [0.15, 0.2) is 71.5 Å². The molecule has 0 aliphatic carbocycles. The number of carbonyl (C=O) groups excluding carboxylic acids is 1. The summed E-state index contributed by atoms with van der Waals surface area (Å²) in [5.41, 5.74) is 2.14. The predicted molar refractivity (Wildman–Crippen MR) is 97.9 cm³/mol. The molecular formula is C18H15BrN4O. The summed E-state index contributed by atoms with van der Waals surface area (Å²) in [6.07, 6.45) is 1.38. The van der Waals surface area contributed by atoms with Gasteiger partial charge in [0.15, 0.2) is 0 Å². The second kappa shape index (κ2) is 7.70. The third kappa shape index (κ3) is 4.39. The van der Waals surface area contributed by atoms with E-state index >= 15 is 0 Å². The Bertz CT molecular complexity index is 839. The van der Waals surface area contributed by atoms with Gasteiger partial charge in [-0.2, -0.15) is 0 Å². The fourth-order valence-electron chi connectivity index (χ4n) is 2.13. The van der Waals surface area contributed by atoms with Gasteiger partial charge in [-0.25, -0.2) is 9.97 Å². The molecule has 3 aromatic rings. The first-order chi connectivity index (χ1) is 11.7. The number of amides is 1. The predicted octanol–water partition coefficient (Wildman–Crippen LogP) is 4.10. The Morgan fingerprint density at radius 3 is 2.62 bits per heavy atom. The van der Waals surface area contributed by atoms with Gasteiger partial charge in [0.25, 0.3) is 5.91 Å². The average molecular weight is 383 g/mol. The van der Waals surface area contributed by atoms with E-state index in [2.05, 4.69) is 36.5 Å². The van der Waals surface area contributed by atoms with Crippen LogP contribution in [0.3, 0.4) is 0 Å². The molecule has 1 heterocycles. The van der Waals surface area contributed by atoms with Crippen molar-refractivity contribution in [2.24, 2.45) is 0 Å². The molecule has 24 heavy (non-hydrogen) atoms. The van der Waals surface area contributed by atoms with Crippen molar-refractivity contribution in [3.8, 4) is 0 Å². The van der Waals surface area contributed by atoms with Gasteiger partial charge in [0, 0.05) is 22.8 Å². The molecule has 0 aliphatic rings. The summed E-state index contributed by atoms with van der Waals surface area (Å²) < 4.78 is 0.896. The molecule has 0 saturated heterocycles. The van der Waals surface area contributed by atoms with Crippen LogP contribution in [-0.2, 0) is 6.54 Å². The maximum atomic E-state index is 12.3. The van der Waals surface area contributed by atoms with Crippen LogP contribution in [0, 0.1) is 0 Å². The lowest BCUT2D eigenvalue weighted by Crippen LogP contribution is -2.14. The summed E-state index contributed by atoms with van der Waals surface area (Å²) >= 11 is 3.38. The molecule has 0 bridgehead atoms. The first-order valence-corrected chi connectivity index (χ1v) is 8.17. The first kappa shape index (κ1) is 16.1. The van der Waals surface area contributed by atoms with Crippen LogP contribution in [0.5, 0.6) is 0 Å². The molecular weight excluding hydrogens is 368 g/mol. The van der Waals surface area contributed by atoms with E-state index in [1.807, 2.05) is 54.6 Å². The molecule has 6 heteroatoms. The smallest absolute Gasteiger partial charge is 0.274 e. The molecule has 2 N–H and O–H groups in total. The van der Waals surface area contributed by atoms with Crippen LogP contribution >= 0.6 is 15.9 Å². The van der Waals surface area contributed by atoms with Crippen molar-refractivity contribution in [1.82, 2.24) is 9.97 Å². The Morgan fingerprint density at radius 2 is 1.83 bits per heavy atom. The van der Waals surface area contributed by atoms with Crippen molar-refractivity contribution >= 4 is 33.3 Å². The SMILES string of the molecule is O=C(Nc1cccc(Br)c1)c1cc(NCc2ccccc2)ncn1. The highest BCUT2D eigenvalue weighted by Gasteiger charge is 2.09. The fourth-order valence-corrected chi connectivity index (χ4v) is 2.53. The Hall–Kier alpha value is -2.73. The molecule has 0 radical (unpaired) electrons. The van der Waals surface area contributed by atoms with Crippen LogP contribution in [0.4, 0.5) is 11.5 Å². The highest BCUT2D eigenvalue weighted by atomic mass is 79.9. The standard InChI is InChI=1S/C18H15BrN4O/c19-14-7-4-8-15(9-14)23-18(24)16-10-17(22-12-21-16)20-11-13-5-2-1-3-6-13/h1-10,12H,11H2,(H,23,24)(H,20,21,22). The van der Waals surface area contributed by atoms with Crippen molar-refractivity contribution in [3.05, 3.63) is 82.7 Å². The highest BCUT2D eigenvalue weighted by Crippen LogP contribution is 2.16. The van der Waals surface area contributed by atoms with E-state index in [1.54, 1.807) is 6.07 Å². The maximum absolute atomic E-state index is 12.3. The minimum absolute atomic E-state index is 0.279. The van der Waals surface area contributed by atoms with E-state index in [-0.39, 0.29) is 5.91 Å². The monoisotopic (exact) mass is 382 g/mol. The number of nitrogens with zero attached hydrogens (tertiary/aromatic N) is 2. The fraction of sp³-hybridized carbons (Fsp3) is 0.0556. The molecule has 0 aliphatic heterocycles. The van der Waals surface area contributed by atoms with Crippen LogP contribution in [0.25, 0.3) is 0 Å². The van der Waals surface area contributed by atoms with Gasteiger partial charge < -0.3 is 10.6 Å². The summed E-state index contributed by atoms with van der Waals surface area (Å²) in [7, 11) is 0. The molecule has 5 nitrogen and oxygen atoms in total. The largest absolute Gasteiger partial charge is 0.366 e. The van der Waals surface area contributed by atoms with E-state index in [1.165, 1.54) is 6.33 Å². The molecule has 0 unspecified atom stereocenters. The number of halogens is 1. The Labute approximate surface area is 148 Å². The highest BCUT2D eigenvalue weighted by molar-refractivity contribution is 9.10. The third-order valence-electron chi connectivity index (χ3n) is 3.30. The summed E-state index contributed by atoms with van der Waals surface area (Å²) in [4.78, 5) is 20.5. The quantitative estimate of drug-likeness (QED) is 0.696. The summed E-state index contributed by atoms with van der Waals surface area (Å²) in [6.45, 7) is 0.630. The number of aromatic nitrogens is 2. The summed E-state index contributed by atoms with van der Waals surface area (Å²) in [5, 5.41) is 6.00. The molecule has 0 fully saturated rings. The third-order valence-corrected chi connectivity index (χ3v) is 3.79. The topological polar surface area (TPSA) is 66.9 Å². The zero-order valence-corrected chi connectivity index (χ0v) is 14.3. The van der Waals surface area contributed by atoms with Gasteiger partial charge in [-0.15, -0.1) is 0 Å². The molecule has 120 valence electrons. The lowest BCUT2D eigenvalue weighted by molar-refractivity contribution is 0.102. The van der Waals surface area contributed by atoms with Crippen LogP contribution in [0.2, 0.25) is 0 Å². The number of anilines is 2. The van der Waals surface area contributed by atoms with E-state index < -0.39 is 0 Å². The Morgan fingerprint density at radius 1 is 1.00 bits per heavy atom. The van der Waals surface area contributed by atoms with Gasteiger partial charge in [0.05, 0.1) is 0 Å². The molecule has 2 aromatic carbocycles. The zero-order chi connectivity index (χ0) is 16.8. The lowest BCUT2D eigenvalue weighted by atomic mass is 10.2. The Balaban J connectivity index is 1.67. The van der Waals surface area contributed by atoms with Crippen molar-refractivity contribution in [2.45, 2.75) is 6.54 Å². The molecule has 0 spiro atoms. The average Bonchev–Trinajstić information content (AvgIpc) is 2.61. The zero-order valence-electron chi connectivity index (χ0n) is 12.7. The molecule has 0 atom stereocenters. The van der Waals surface area contributed by atoms with Crippen molar-refractivity contribution in [1.29, 1.82) is 0 Å². The van der Waals surface area contributed by atoms with Gasteiger partial charge in [0.2, 0.25) is 0 Å². The van der Waals surface area contributed by atoms with Gasteiger partial charge in [-0.1, -0.05) is 52.3 Å². The van der Waals surface area contributed by atoms with Crippen molar-refractivity contribution in [2.75, 3.05) is 10.6 Å². The van der Waals surface area contributed by atoms with Gasteiger partial charge >= 0.3 is 0 Å². The Kier molecular flexibility index (Phi) is 5.18. The van der Waals surface area contributed by atoms with E-state index in [0.717, 1.165) is 10.0 Å². The second-order valence-electron chi connectivity index (χ2n) is 5.09. The molecule has 3 rings (SSSR count). The lowest BCUT2D eigenvalue weighted by Gasteiger charge is -2.08. The molecule has 1 aromatic heterocycles.